The average molecular weight is 328 g/mol. The van der Waals surface area contributed by atoms with Crippen LogP contribution in [0.3, 0.4) is 0 Å². The third kappa shape index (κ3) is 5.31. The van der Waals surface area contributed by atoms with Crippen molar-refractivity contribution in [3.63, 3.8) is 0 Å². The molecule has 0 spiro atoms. The van der Waals surface area contributed by atoms with E-state index in [4.69, 9.17) is 0 Å². The van der Waals surface area contributed by atoms with Gasteiger partial charge in [-0.1, -0.05) is 0 Å². The predicted octanol–water partition coefficient (Wildman–Crippen LogP) is 2.67. The van der Waals surface area contributed by atoms with Gasteiger partial charge in [0, 0.05) is 16.8 Å². The fraction of sp³-hybridized carbons (Fsp3) is 0.533. The van der Waals surface area contributed by atoms with Crippen LogP contribution in [-0.4, -0.2) is 30.6 Å². The third-order valence-electron chi connectivity index (χ3n) is 2.48. The molecule has 6 nitrogen and oxygen atoms in total. The van der Waals surface area contributed by atoms with Gasteiger partial charge in [0.15, 0.2) is 0 Å². The highest BCUT2D eigenvalue weighted by Crippen LogP contribution is 2.24. The zero-order chi connectivity index (χ0) is 17.3. The van der Waals surface area contributed by atoms with E-state index in [1.54, 1.807) is 20.8 Å². The molecule has 124 valence electrons. The molecule has 0 aromatic heterocycles. The Morgan fingerprint density at radius 1 is 1.05 bits per heavy atom. The summed E-state index contributed by atoms with van der Waals surface area (Å²) in [7, 11) is -3.78. The summed E-state index contributed by atoms with van der Waals surface area (Å²) in [6.07, 6.45) is 0. The van der Waals surface area contributed by atoms with Crippen LogP contribution in [0.15, 0.2) is 23.1 Å². The smallest absolute Gasteiger partial charge is 0.337 e. The Balaban J connectivity index is 3.32. The number of hydrogen-bond acceptors (Lipinski definition) is 4. The van der Waals surface area contributed by atoms with E-state index in [1.165, 1.54) is 18.2 Å². The third-order valence-corrected chi connectivity index (χ3v) is 4.24. The van der Waals surface area contributed by atoms with Crippen LogP contribution in [0.5, 0.6) is 0 Å². The molecule has 0 aliphatic carbocycles. The number of nitrogens with one attached hydrogen (secondary N) is 2. The van der Waals surface area contributed by atoms with Gasteiger partial charge >= 0.3 is 5.97 Å². The number of benzene rings is 1. The molecule has 3 N–H and O–H groups in total. The Kier molecular flexibility index (Phi) is 4.94. The highest BCUT2D eigenvalue weighted by atomic mass is 32.2. The maximum atomic E-state index is 12.3. The van der Waals surface area contributed by atoms with Crippen LogP contribution in [-0.2, 0) is 10.0 Å². The number of carboxylic acid groups (broad SMARTS) is 1. The van der Waals surface area contributed by atoms with Crippen molar-refractivity contribution in [3.8, 4) is 0 Å². The minimum atomic E-state index is -3.78. The van der Waals surface area contributed by atoms with Gasteiger partial charge in [0.25, 0.3) is 0 Å². The van der Waals surface area contributed by atoms with E-state index in [0.29, 0.717) is 5.69 Å². The number of sulfonamides is 1. The molecule has 1 aromatic rings. The van der Waals surface area contributed by atoms with Crippen molar-refractivity contribution < 1.29 is 18.3 Å². The zero-order valence-corrected chi connectivity index (χ0v) is 14.6. The SMILES string of the molecule is CC(C)(C)Nc1ccc(S(=O)(=O)NC(C)(C)C)cc1C(=O)O. The molecular weight excluding hydrogens is 304 g/mol. The zero-order valence-electron chi connectivity index (χ0n) is 13.8. The van der Waals surface area contributed by atoms with Crippen LogP contribution in [0.2, 0.25) is 0 Å². The average Bonchev–Trinajstić information content (AvgIpc) is 2.23. The van der Waals surface area contributed by atoms with Crippen molar-refractivity contribution in [2.75, 3.05) is 5.32 Å². The van der Waals surface area contributed by atoms with Crippen LogP contribution in [0.1, 0.15) is 51.9 Å². The van der Waals surface area contributed by atoms with E-state index in [0.717, 1.165) is 0 Å². The van der Waals surface area contributed by atoms with Crippen LogP contribution >= 0.6 is 0 Å². The molecule has 0 saturated carbocycles. The topological polar surface area (TPSA) is 95.5 Å². The van der Waals surface area contributed by atoms with E-state index in [1.807, 2.05) is 20.8 Å². The van der Waals surface area contributed by atoms with Gasteiger partial charge in [-0.3, -0.25) is 0 Å². The maximum Gasteiger partial charge on any atom is 0.337 e. The monoisotopic (exact) mass is 328 g/mol. The Hall–Kier alpha value is -1.60. The van der Waals surface area contributed by atoms with Gasteiger partial charge in [0.1, 0.15) is 0 Å². The predicted molar refractivity (Wildman–Crippen MR) is 86.9 cm³/mol. The van der Waals surface area contributed by atoms with Gasteiger partial charge in [-0.05, 0) is 59.7 Å². The summed E-state index contributed by atoms with van der Waals surface area (Å²) >= 11 is 0. The largest absolute Gasteiger partial charge is 0.478 e. The van der Waals surface area contributed by atoms with E-state index in [9.17, 15) is 18.3 Å². The summed E-state index contributed by atoms with van der Waals surface area (Å²) in [4.78, 5) is 11.3. The lowest BCUT2D eigenvalue weighted by Crippen LogP contribution is -2.40. The van der Waals surface area contributed by atoms with Crippen LogP contribution in [0, 0.1) is 0 Å². The highest BCUT2D eigenvalue weighted by Gasteiger charge is 2.24. The van der Waals surface area contributed by atoms with Gasteiger partial charge < -0.3 is 10.4 Å². The van der Waals surface area contributed by atoms with Crippen LogP contribution < -0.4 is 10.0 Å². The fourth-order valence-electron chi connectivity index (χ4n) is 1.84. The van der Waals surface area contributed by atoms with Crippen molar-refractivity contribution in [3.05, 3.63) is 23.8 Å². The number of anilines is 1. The lowest BCUT2D eigenvalue weighted by atomic mass is 10.1. The highest BCUT2D eigenvalue weighted by molar-refractivity contribution is 7.89. The number of carbonyl (C=O) groups is 1. The molecule has 0 amide bonds. The summed E-state index contributed by atoms with van der Waals surface area (Å²) in [6.45, 7) is 10.8. The van der Waals surface area contributed by atoms with Crippen molar-refractivity contribution in [2.45, 2.75) is 57.5 Å². The molecule has 0 aliphatic rings. The Labute approximate surface area is 132 Å². The standard InChI is InChI=1S/C15H24N2O4S/c1-14(2,3)16-12-8-7-10(9-11(12)13(18)19)22(20,21)17-15(4,5)6/h7-9,16-17H,1-6H3,(H,18,19). The molecule has 0 atom stereocenters. The van der Waals surface area contributed by atoms with E-state index >= 15 is 0 Å². The van der Waals surface area contributed by atoms with Gasteiger partial charge in [0.2, 0.25) is 10.0 Å². The molecule has 0 heterocycles. The first-order valence-corrected chi connectivity index (χ1v) is 8.39. The molecule has 0 aliphatic heterocycles. The van der Waals surface area contributed by atoms with E-state index in [2.05, 4.69) is 10.0 Å². The molecule has 1 aromatic carbocycles. The number of rotatable bonds is 4. The second kappa shape index (κ2) is 5.89. The number of hydrogen-bond donors (Lipinski definition) is 3. The van der Waals surface area contributed by atoms with Gasteiger partial charge in [-0.15, -0.1) is 0 Å². The Morgan fingerprint density at radius 2 is 1.59 bits per heavy atom. The normalized spacial score (nSPS) is 13.0. The Morgan fingerprint density at radius 3 is 2.00 bits per heavy atom. The van der Waals surface area contributed by atoms with Gasteiger partial charge in [-0.25, -0.2) is 17.9 Å². The fourth-order valence-corrected chi connectivity index (χ4v) is 3.29. The lowest BCUT2D eigenvalue weighted by molar-refractivity contribution is 0.0697. The summed E-state index contributed by atoms with van der Waals surface area (Å²) in [5.41, 5.74) is -0.680. The molecule has 0 saturated heterocycles. The van der Waals surface area contributed by atoms with Crippen molar-refractivity contribution in [1.82, 2.24) is 4.72 Å². The first kappa shape index (κ1) is 18.4. The number of aromatic carboxylic acids is 1. The first-order valence-electron chi connectivity index (χ1n) is 6.91. The second-order valence-electron chi connectivity index (χ2n) is 7.24. The minimum absolute atomic E-state index is 0.0701. The first-order chi connectivity index (χ1) is 9.71. The summed E-state index contributed by atoms with van der Waals surface area (Å²) in [6, 6.07) is 4.05. The molecule has 0 unspecified atom stereocenters. The van der Waals surface area contributed by atoms with Crippen LogP contribution in [0.4, 0.5) is 5.69 Å². The van der Waals surface area contributed by atoms with Gasteiger partial charge in [0.05, 0.1) is 10.5 Å². The molecule has 0 bridgehead atoms. The number of carboxylic acids is 1. The molecule has 0 radical (unpaired) electrons. The van der Waals surface area contributed by atoms with E-state index < -0.39 is 21.5 Å². The summed E-state index contributed by atoms with van der Waals surface area (Å²) < 4.78 is 27.1. The molecule has 0 fully saturated rings. The lowest BCUT2D eigenvalue weighted by Gasteiger charge is -2.24. The maximum absolute atomic E-state index is 12.3. The van der Waals surface area contributed by atoms with Gasteiger partial charge in [-0.2, -0.15) is 0 Å². The van der Waals surface area contributed by atoms with Crippen LogP contribution in [0.25, 0.3) is 0 Å². The molecule has 22 heavy (non-hydrogen) atoms. The molecular formula is C15H24N2O4S. The second-order valence-corrected chi connectivity index (χ2v) is 8.93. The van der Waals surface area contributed by atoms with E-state index in [-0.39, 0.29) is 16.0 Å². The summed E-state index contributed by atoms with van der Waals surface area (Å²) in [5.74, 6) is -1.18. The summed E-state index contributed by atoms with van der Waals surface area (Å²) in [5, 5.41) is 12.4. The van der Waals surface area contributed by atoms with Crippen molar-refractivity contribution in [2.24, 2.45) is 0 Å². The molecule has 7 heteroatoms. The van der Waals surface area contributed by atoms with Crippen molar-refractivity contribution in [1.29, 1.82) is 0 Å². The Bertz CT molecular complexity index is 668. The quantitative estimate of drug-likeness (QED) is 0.790. The minimum Gasteiger partial charge on any atom is -0.478 e. The molecule has 1 rings (SSSR count). The van der Waals surface area contributed by atoms with Crippen molar-refractivity contribution >= 4 is 21.7 Å².